The van der Waals surface area contributed by atoms with Crippen molar-refractivity contribution in [3.05, 3.63) is 91.2 Å². The number of hydrogen-bond acceptors (Lipinski definition) is 7. The van der Waals surface area contributed by atoms with E-state index in [9.17, 15) is 9.59 Å². The number of benzene rings is 1. The quantitative estimate of drug-likeness (QED) is 0.303. The first kappa shape index (κ1) is 29.3. The summed E-state index contributed by atoms with van der Waals surface area (Å²) in [5, 5.41) is 4.65. The molecular weight excluding hydrogens is 610 g/mol. The monoisotopic (exact) mass is 645 g/mol. The normalized spacial score (nSPS) is 19.7. The summed E-state index contributed by atoms with van der Waals surface area (Å²) in [5.74, 6) is 0.804. The highest BCUT2D eigenvalue weighted by Gasteiger charge is 2.34. The largest absolute Gasteiger partial charge is 0.474 e. The number of halogens is 1. The molecule has 0 spiro atoms. The molecule has 1 aliphatic heterocycles. The number of amides is 1. The molecule has 1 saturated carbocycles. The molecule has 6 rings (SSSR count). The van der Waals surface area contributed by atoms with Gasteiger partial charge in [0.05, 0.1) is 29.8 Å². The average molecular weight is 647 g/mol. The predicted octanol–water partition coefficient (Wildman–Crippen LogP) is 4.56. The van der Waals surface area contributed by atoms with Crippen LogP contribution in [-0.2, 0) is 13.0 Å². The van der Waals surface area contributed by atoms with Gasteiger partial charge >= 0.3 is 0 Å². The maximum absolute atomic E-state index is 14.2. The SMILES string of the molecule is Cc1cc(C)n(-c2nc3c(c(=O)n2-c2ccc(O[C@H]4C[C@@H](N(C)C)C4)nc2)CC(C)N(C(=O)c2ccc(Br)c(C)c2)C3)n1. The third-order valence-corrected chi connectivity index (χ3v) is 9.42. The summed E-state index contributed by atoms with van der Waals surface area (Å²) in [5.41, 5.74) is 4.81. The molecule has 1 amide bonds. The number of aromatic nitrogens is 5. The Bertz CT molecular complexity index is 1760. The molecule has 1 aromatic carbocycles. The summed E-state index contributed by atoms with van der Waals surface area (Å²) >= 11 is 3.51. The van der Waals surface area contributed by atoms with E-state index in [1.54, 1.807) is 26.4 Å². The minimum atomic E-state index is -0.186. The van der Waals surface area contributed by atoms with Crippen molar-refractivity contribution in [1.82, 2.24) is 34.1 Å². The number of rotatable bonds is 6. The molecule has 3 aromatic heterocycles. The summed E-state index contributed by atoms with van der Waals surface area (Å²) in [4.78, 5) is 41.4. The first-order valence-electron chi connectivity index (χ1n) is 14.5. The molecule has 1 aliphatic carbocycles. The van der Waals surface area contributed by atoms with Gasteiger partial charge in [-0.2, -0.15) is 5.10 Å². The number of hydrogen-bond donors (Lipinski definition) is 0. The fourth-order valence-electron chi connectivity index (χ4n) is 5.87. The third-order valence-electron chi connectivity index (χ3n) is 8.53. The van der Waals surface area contributed by atoms with Gasteiger partial charge in [0.25, 0.3) is 11.5 Å². The van der Waals surface area contributed by atoms with Gasteiger partial charge in [0.15, 0.2) is 0 Å². The molecule has 10 nitrogen and oxygen atoms in total. The number of pyridine rings is 1. The van der Waals surface area contributed by atoms with Crippen LogP contribution in [0.2, 0.25) is 0 Å². The van der Waals surface area contributed by atoms with Crippen molar-refractivity contribution in [1.29, 1.82) is 0 Å². The standard InChI is InChI=1S/C32H36BrN7O3/c1-18-11-22(7-9-27(18)33)30(41)38-17-28-26(13-20(38)3)31(42)39(32(35-28)40-21(4)12-19(2)36-40)23-8-10-29(34-16-23)43-25-14-24(15-25)37(5)6/h7-12,16,20,24-25H,13-15,17H2,1-6H3/t20?,24-,25+. The minimum Gasteiger partial charge on any atom is -0.474 e. The molecule has 0 N–H and O–H groups in total. The van der Waals surface area contributed by atoms with E-state index in [1.165, 1.54) is 0 Å². The minimum absolute atomic E-state index is 0.0875. The van der Waals surface area contributed by atoms with Gasteiger partial charge < -0.3 is 14.5 Å². The lowest BCUT2D eigenvalue weighted by Gasteiger charge is -2.39. The molecular formula is C32H36BrN7O3. The second-order valence-electron chi connectivity index (χ2n) is 12.0. The van der Waals surface area contributed by atoms with Crippen LogP contribution < -0.4 is 10.3 Å². The molecule has 0 radical (unpaired) electrons. The Morgan fingerprint density at radius 3 is 2.49 bits per heavy atom. The van der Waals surface area contributed by atoms with Crippen molar-refractivity contribution in [2.75, 3.05) is 14.1 Å². The summed E-state index contributed by atoms with van der Waals surface area (Å²) in [7, 11) is 4.16. The molecule has 2 aliphatic rings. The van der Waals surface area contributed by atoms with Crippen LogP contribution in [0.15, 0.2) is 51.9 Å². The zero-order valence-corrected chi connectivity index (χ0v) is 26.9. The first-order valence-corrected chi connectivity index (χ1v) is 15.3. The lowest BCUT2D eigenvalue weighted by molar-refractivity contribution is 0.0370. The molecule has 1 atom stereocenters. The molecule has 4 heterocycles. The van der Waals surface area contributed by atoms with E-state index in [-0.39, 0.29) is 30.2 Å². The third kappa shape index (κ3) is 5.51. The van der Waals surface area contributed by atoms with Gasteiger partial charge in [0.2, 0.25) is 11.8 Å². The number of ether oxygens (including phenoxy) is 1. The first-order chi connectivity index (χ1) is 20.5. The van der Waals surface area contributed by atoms with Crippen LogP contribution in [0.5, 0.6) is 5.88 Å². The van der Waals surface area contributed by atoms with E-state index >= 15 is 0 Å². The predicted molar refractivity (Wildman–Crippen MR) is 167 cm³/mol. The van der Waals surface area contributed by atoms with Gasteiger partial charge in [-0.3, -0.25) is 9.59 Å². The molecule has 0 saturated heterocycles. The Balaban J connectivity index is 1.37. The number of fused-ring (bicyclic) bond motifs is 1. The highest BCUT2D eigenvalue weighted by Crippen LogP contribution is 2.29. The fourth-order valence-corrected chi connectivity index (χ4v) is 6.12. The van der Waals surface area contributed by atoms with Crippen molar-refractivity contribution >= 4 is 21.8 Å². The second kappa shape index (κ2) is 11.3. The van der Waals surface area contributed by atoms with Crippen molar-refractivity contribution < 1.29 is 9.53 Å². The van der Waals surface area contributed by atoms with Gasteiger partial charge in [-0.1, -0.05) is 15.9 Å². The summed E-state index contributed by atoms with van der Waals surface area (Å²) in [6.45, 7) is 8.00. The van der Waals surface area contributed by atoms with Crippen LogP contribution in [0.1, 0.15) is 58.3 Å². The highest BCUT2D eigenvalue weighted by molar-refractivity contribution is 9.10. The molecule has 4 aromatic rings. The Morgan fingerprint density at radius 1 is 1.09 bits per heavy atom. The van der Waals surface area contributed by atoms with E-state index < -0.39 is 0 Å². The van der Waals surface area contributed by atoms with E-state index in [2.05, 4.69) is 45.0 Å². The van der Waals surface area contributed by atoms with Gasteiger partial charge in [-0.05, 0) is 84.1 Å². The zero-order valence-electron chi connectivity index (χ0n) is 25.3. The van der Waals surface area contributed by atoms with Crippen LogP contribution in [-0.4, -0.2) is 72.3 Å². The smallest absolute Gasteiger partial charge is 0.263 e. The van der Waals surface area contributed by atoms with Crippen molar-refractivity contribution in [3.8, 4) is 17.5 Å². The van der Waals surface area contributed by atoms with Crippen molar-refractivity contribution in [3.63, 3.8) is 0 Å². The summed E-state index contributed by atoms with van der Waals surface area (Å²) < 4.78 is 10.3. The van der Waals surface area contributed by atoms with Crippen LogP contribution >= 0.6 is 15.9 Å². The Hall–Kier alpha value is -3.83. The molecule has 1 fully saturated rings. The Morgan fingerprint density at radius 2 is 1.86 bits per heavy atom. The maximum atomic E-state index is 14.2. The average Bonchev–Trinajstić information content (AvgIpc) is 3.29. The van der Waals surface area contributed by atoms with E-state index in [1.807, 2.05) is 58.0 Å². The lowest BCUT2D eigenvalue weighted by atomic mass is 9.88. The zero-order chi connectivity index (χ0) is 30.6. The molecule has 43 heavy (non-hydrogen) atoms. The number of carbonyl (C=O) groups is 1. The molecule has 1 unspecified atom stereocenters. The second-order valence-corrected chi connectivity index (χ2v) is 12.8. The van der Waals surface area contributed by atoms with Gasteiger partial charge in [0.1, 0.15) is 6.10 Å². The summed E-state index contributed by atoms with van der Waals surface area (Å²) in [6.07, 6.45) is 4.11. The number of nitrogens with zero attached hydrogens (tertiary/aromatic N) is 7. The van der Waals surface area contributed by atoms with Crippen LogP contribution in [0.25, 0.3) is 11.6 Å². The molecule has 0 bridgehead atoms. The van der Waals surface area contributed by atoms with Gasteiger partial charge in [-0.15, -0.1) is 0 Å². The maximum Gasteiger partial charge on any atom is 0.263 e. The number of aryl methyl sites for hydroxylation is 3. The number of carbonyl (C=O) groups excluding carboxylic acids is 1. The van der Waals surface area contributed by atoms with E-state index in [0.717, 1.165) is 34.3 Å². The topological polar surface area (TPSA) is 98.4 Å². The van der Waals surface area contributed by atoms with Gasteiger partial charge in [-0.25, -0.2) is 19.2 Å². The van der Waals surface area contributed by atoms with Crippen LogP contribution in [0.4, 0.5) is 0 Å². The van der Waals surface area contributed by atoms with Crippen molar-refractivity contribution in [2.24, 2.45) is 0 Å². The van der Waals surface area contributed by atoms with E-state index in [0.29, 0.717) is 46.8 Å². The lowest BCUT2D eigenvalue weighted by Crippen LogP contribution is -2.46. The molecule has 11 heteroatoms. The Kier molecular flexibility index (Phi) is 7.72. The van der Waals surface area contributed by atoms with Crippen LogP contribution in [0, 0.1) is 20.8 Å². The van der Waals surface area contributed by atoms with Gasteiger partial charge in [0, 0.05) is 52.3 Å². The Labute approximate surface area is 259 Å². The van der Waals surface area contributed by atoms with E-state index in [4.69, 9.17) is 9.72 Å². The fraction of sp³-hybridized carbons (Fsp3) is 0.406. The van der Waals surface area contributed by atoms with Crippen LogP contribution in [0.3, 0.4) is 0 Å². The summed E-state index contributed by atoms with van der Waals surface area (Å²) in [6, 6.07) is 11.5. The van der Waals surface area contributed by atoms with Crippen molar-refractivity contribution in [2.45, 2.75) is 71.7 Å². The molecule has 224 valence electrons. The highest BCUT2D eigenvalue weighted by atomic mass is 79.9.